The van der Waals surface area contributed by atoms with Crippen LogP contribution in [-0.2, 0) is 9.59 Å². The van der Waals surface area contributed by atoms with E-state index >= 15 is 0 Å². The first-order valence-electron chi connectivity index (χ1n) is 10.1. The molecular weight excluding hydrogens is 366 g/mol. The lowest BCUT2D eigenvalue weighted by atomic mass is 9.94. The number of nitrogens with one attached hydrogen (secondary N) is 2. The molecule has 154 valence electrons. The van der Waals surface area contributed by atoms with Gasteiger partial charge in [-0.2, -0.15) is 0 Å². The molecule has 2 aromatic carbocycles. The Morgan fingerprint density at radius 3 is 2.28 bits per heavy atom. The van der Waals surface area contributed by atoms with Gasteiger partial charge in [-0.25, -0.2) is 0 Å². The molecule has 0 aromatic heterocycles. The van der Waals surface area contributed by atoms with Crippen LogP contribution in [0.3, 0.4) is 0 Å². The number of aromatic hydroxyl groups is 1. The topological polar surface area (TPSA) is 81.7 Å². The highest BCUT2D eigenvalue weighted by Gasteiger charge is 2.30. The summed E-state index contributed by atoms with van der Waals surface area (Å²) in [5.74, 6) is -0.139. The molecule has 0 spiro atoms. The largest absolute Gasteiger partial charge is 0.506 e. The molecule has 2 atom stereocenters. The number of likely N-dealkylation sites (tertiary alicyclic amines) is 1. The van der Waals surface area contributed by atoms with Crippen molar-refractivity contribution in [1.29, 1.82) is 0 Å². The second kappa shape index (κ2) is 9.56. The average Bonchev–Trinajstić information content (AvgIpc) is 2.75. The zero-order chi connectivity index (χ0) is 20.8. The number of amides is 2. The Labute approximate surface area is 171 Å². The van der Waals surface area contributed by atoms with Crippen LogP contribution in [0.15, 0.2) is 54.6 Å². The molecule has 0 radical (unpaired) electrons. The van der Waals surface area contributed by atoms with Gasteiger partial charge in [-0.05, 0) is 57.5 Å². The molecule has 0 saturated carbocycles. The summed E-state index contributed by atoms with van der Waals surface area (Å²) in [4.78, 5) is 27.3. The van der Waals surface area contributed by atoms with E-state index in [1.807, 2.05) is 44.2 Å². The number of carbonyl (C=O) groups is 2. The predicted octanol–water partition coefficient (Wildman–Crippen LogP) is 3.31. The van der Waals surface area contributed by atoms with E-state index in [0.717, 1.165) is 5.56 Å². The van der Waals surface area contributed by atoms with Crippen LogP contribution >= 0.6 is 0 Å². The number of hydrogen-bond donors (Lipinski definition) is 3. The molecule has 6 heteroatoms. The second-order valence-corrected chi connectivity index (χ2v) is 7.63. The molecule has 3 N–H and O–H groups in total. The Kier molecular flexibility index (Phi) is 6.88. The maximum absolute atomic E-state index is 12.7. The van der Waals surface area contributed by atoms with Crippen LogP contribution in [0.5, 0.6) is 5.75 Å². The number of benzene rings is 2. The molecule has 1 aliphatic heterocycles. The maximum Gasteiger partial charge on any atom is 0.237 e. The maximum atomic E-state index is 12.7. The first kappa shape index (κ1) is 20.9. The van der Waals surface area contributed by atoms with Crippen molar-refractivity contribution < 1.29 is 14.7 Å². The number of phenolic OH excluding ortho intramolecular Hbond substituents is 1. The van der Waals surface area contributed by atoms with Gasteiger partial charge in [-0.1, -0.05) is 42.5 Å². The molecular formula is C23H29N3O3. The number of carbonyl (C=O) groups excluding carboxylic acids is 2. The molecule has 0 bridgehead atoms. The van der Waals surface area contributed by atoms with Gasteiger partial charge in [0.15, 0.2) is 0 Å². The van der Waals surface area contributed by atoms with E-state index in [2.05, 4.69) is 15.5 Å². The highest BCUT2D eigenvalue weighted by Crippen LogP contribution is 2.25. The number of phenols is 1. The van der Waals surface area contributed by atoms with Crippen LogP contribution in [0, 0.1) is 5.92 Å². The highest BCUT2D eigenvalue weighted by molar-refractivity contribution is 5.94. The van der Waals surface area contributed by atoms with E-state index < -0.39 is 0 Å². The van der Waals surface area contributed by atoms with Gasteiger partial charge in [0.2, 0.25) is 11.8 Å². The van der Waals surface area contributed by atoms with Crippen LogP contribution in [-0.4, -0.2) is 41.0 Å². The number of para-hydroxylation sites is 2. The predicted molar refractivity (Wildman–Crippen MR) is 113 cm³/mol. The normalized spacial score (nSPS) is 17.3. The molecule has 1 fully saturated rings. The summed E-state index contributed by atoms with van der Waals surface area (Å²) in [6.45, 7) is 5.27. The first-order valence-corrected chi connectivity index (χ1v) is 10.1. The number of anilines is 1. The first-order chi connectivity index (χ1) is 14.0. The molecule has 3 rings (SSSR count). The fourth-order valence-electron chi connectivity index (χ4n) is 3.69. The van der Waals surface area contributed by atoms with E-state index in [1.165, 1.54) is 0 Å². The van der Waals surface area contributed by atoms with Crippen LogP contribution < -0.4 is 10.6 Å². The fourth-order valence-corrected chi connectivity index (χ4v) is 3.69. The number of rotatable bonds is 6. The molecule has 1 aliphatic rings. The number of piperidine rings is 1. The molecule has 2 aromatic rings. The minimum atomic E-state index is -0.247. The van der Waals surface area contributed by atoms with Gasteiger partial charge in [-0.15, -0.1) is 0 Å². The highest BCUT2D eigenvalue weighted by atomic mass is 16.3. The number of nitrogens with zero attached hydrogens (tertiary/aromatic N) is 1. The van der Waals surface area contributed by atoms with Crippen LogP contribution in [0.4, 0.5) is 5.69 Å². The van der Waals surface area contributed by atoms with Crippen molar-refractivity contribution in [2.24, 2.45) is 5.92 Å². The van der Waals surface area contributed by atoms with Crippen LogP contribution in [0.25, 0.3) is 0 Å². The van der Waals surface area contributed by atoms with E-state index in [9.17, 15) is 14.7 Å². The molecule has 0 aliphatic carbocycles. The molecule has 1 saturated heterocycles. The summed E-state index contributed by atoms with van der Waals surface area (Å²) < 4.78 is 0. The van der Waals surface area contributed by atoms with Crippen molar-refractivity contribution in [3.63, 3.8) is 0 Å². The minimum Gasteiger partial charge on any atom is -0.506 e. The lowest BCUT2D eigenvalue weighted by Crippen LogP contribution is -2.49. The smallest absolute Gasteiger partial charge is 0.237 e. The van der Waals surface area contributed by atoms with Gasteiger partial charge in [0.05, 0.1) is 17.8 Å². The Morgan fingerprint density at radius 1 is 1.00 bits per heavy atom. The molecule has 2 amide bonds. The Bertz CT molecular complexity index is 832. The van der Waals surface area contributed by atoms with Crippen molar-refractivity contribution in [1.82, 2.24) is 10.2 Å². The van der Waals surface area contributed by atoms with Crippen molar-refractivity contribution in [3.8, 4) is 5.75 Å². The Morgan fingerprint density at radius 2 is 1.62 bits per heavy atom. The van der Waals surface area contributed by atoms with Crippen LogP contribution in [0.1, 0.15) is 38.3 Å². The van der Waals surface area contributed by atoms with Crippen molar-refractivity contribution >= 4 is 17.5 Å². The van der Waals surface area contributed by atoms with Crippen molar-refractivity contribution in [2.45, 2.75) is 38.8 Å². The minimum absolute atomic E-state index is 0.00142. The monoisotopic (exact) mass is 395 g/mol. The number of hydrogen-bond acceptors (Lipinski definition) is 4. The summed E-state index contributed by atoms with van der Waals surface area (Å²) in [5.41, 5.74) is 1.51. The van der Waals surface area contributed by atoms with Gasteiger partial charge in [-0.3, -0.25) is 14.5 Å². The zero-order valence-electron chi connectivity index (χ0n) is 17.0. The summed E-state index contributed by atoms with van der Waals surface area (Å²) in [6.07, 6.45) is 1.37. The third-order valence-corrected chi connectivity index (χ3v) is 5.65. The van der Waals surface area contributed by atoms with Gasteiger partial charge in [0.1, 0.15) is 5.75 Å². The van der Waals surface area contributed by atoms with E-state index in [4.69, 9.17) is 0 Å². The van der Waals surface area contributed by atoms with Gasteiger partial charge >= 0.3 is 0 Å². The molecule has 29 heavy (non-hydrogen) atoms. The van der Waals surface area contributed by atoms with Crippen molar-refractivity contribution in [3.05, 3.63) is 60.2 Å². The van der Waals surface area contributed by atoms with Crippen molar-refractivity contribution in [2.75, 3.05) is 18.4 Å². The van der Waals surface area contributed by atoms with E-state index in [0.29, 0.717) is 31.6 Å². The van der Waals surface area contributed by atoms with Gasteiger partial charge in [0, 0.05) is 5.92 Å². The summed E-state index contributed by atoms with van der Waals surface area (Å²) in [7, 11) is 0. The summed E-state index contributed by atoms with van der Waals surface area (Å²) in [6, 6.07) is 16.3. The molecule has 0 unspecified atom stereocenters. The van der Waals surface area contributed by atoms with E-state index in [1.54, 1.807) is 24.3 Å². The van der Waals surface area contributed by atoms with Gasteiger partial charge < -0.3 is 15.7 Å². The lowest BCUT2D eigenvalue weighted by Gasteiger charge is -2.35. The Hall–Kier alpha value is -2.86. The molecule has 1 heterocycles. The summed E-state index contributed by atoms with van der Waals surface area (Å²) in [5, 5.41) is 15.7. The SMILES string of the molecule is C[C@H](NC(=O)[C@H](C)N1CCC(C(=O)Nc2ccccc2O)CC1)c1ccccc1. The summed E-state index contributed by atoms with van der Waals surface area (Å²) >= 11 is 0. The second-order valence-electron chi connectivity index (χ2n) is 7.63. The third kappa shape index (κ3) is 5.35. The van der Waals surface area contributed by atoms with Gasteiger partial charge in [0.25, 0.3) is 0 Å². The van der Waals surface area contributed by atoms with Crippen LogP contribution in [0.2, 0.25) is 0 Å². The zero-order valence-corrected chi connectivity index (χ0v) is 17.0. The average molecular weight is 396 g/mol. The standard InChI is InChI=1S/C23H29N3O3/c1-16(18-8-4-3-5-9-18)24-22(28)17(2)26-14-12-19(13-15-26)23(29)25-20-10-6-7-11-21(20)27/h3-11,16-17,19,27H,12-15H2,1-2H3,(H,24,28)(H,25,29)/t16-,17-/m0/s1. The fraction of sp³-hybridized carbons (Fsp3) is 0.391. The quantitative estimate of drug-likeness (QED) is 0.656. The molecule has 6 nitrogen and oxygen atoms in total. The lowest BCUT2D eigenvalue weighted by molar-refractivity contribution is -0.127. The Balaban J connectivity index is 1.48. The van der Waals surface area contributed by atoms with E-state index in [-0.39, 0.29) is 35.6 Å². The third-order valence-electron chi connectivity index (χ3n) is 5.65.